The predicted octanol–water partition coefficient (Wildman–Crippen LogP) is 0.619. The summed E-state index contributed by atoms with van der Waals surface area (Å²) in [5.74, 6) is 1.49. The number of hydrogen-bond acceptors (Lipinski definition) is 5. The number of morpholine rings is 1. The Morgan fingerprint density at radius 1 is 1.30 bits per heavy atom. The monoisotopic (exact) mass is 343 g/mol. The van der Waals surface area contributed by atoms with E-state index in [4.69, 9.17) is 4.74 Å². The van der Waals surface area contributed by atoms with Gasteiger partial charge in [-0.2, -0.15) is 22.5 Å². The molecule has 2 aliphatic heterocycles. The number of aromatic nitrogens is 3. The summed E-state index contributed by atoms with van der Waals surface area (Å²) in [7, 11) is -3.57. The Labute approximate surface area is 137 Å². The molecule has 1 aromatic heterocycles. The molecule has 1 aromatic rings. The van der Waals surface area contributed by atoms with Crippen LogP contribution in [0.4, 0.5) is 0 Å². The summed E-state index contributed by atoms with van der Waals surface area (Å²) in [4.78, 5) is 4.49. The number of rotatable bonds is 4. The van der Waals surface area contributed by atoms with Gasteiger partial charge in [0, 0.05) is 26.1 Å². The van der Waals surface area contributed by atoms with Crippen LogP contribution < -0.4 is 4.72 Å². The van der Waals surface area contributed by atoms with Crippen LogP contribution in [0.3, 0.4) is 0 Å². The maximum Gasteiger partial charge on any atom is 0.280 e. The van der Waals surface area contributed by atoms with E-state index in [2.05, 4.69) is 14.8 Å². The summed E-state index contributed by atoms with van der Waals surface area (Å²) in [5, 5.41) is 4.42. The van der Waals surface area contributed by atoms with Crippen molar-refractivity contribution >= 4 is 10.2 Å². The summed E-state index contributed by atoms with van der Waals surface area (Å²) < 4.78 is 37.2. The smallest absolute Gasteiger partial charge is 0.280 e. The lowest BCUT2D eigenvalue weighted by atomic mass is 10.1. The van der Waals surface area contributed by atoms with Crippen molar-refractivity contribution in [2.45, 2.75) is 64.8 Å². The fourth-order valence-electron chi connectivity index (χ4n) is 3.24. The molecule has 0 saturated carbocycles. The molecule has 1 saturated heterocycles. The van der Waals surface area contributed by atoms with Crippen LogP contribution in [0.15, 0.2) is 0 Å². The molecule has 8 nitrogen and oxygen atoms in total. The van der Waals surface area contributed by atoms with E-state index in [1.807, 2.05) is 25.5 Å². The van der Waals surface area contributed by atoms with E-state index in [0.717, 1.165) is 37.5 Å². The third-order valence-electron chi connectivity index (χ3n) is 4.25. The summed E-state index contributed by atoms with van der Waals surface area (Å²) in [5.41, 5.74) is 0. The standard InChI is InChI=1S/C14H25N5O3S/c1-4-13-15-14-12(6-5-7-19(14)16-13)17-23(20,21)18-8-10(2)22-11(3)9-18/h10-12,17H,4-9H2,1-3H3/t10-,11-,12+/m1/s1. The van der Waals surface area contributed by atoms with Gasteiger partial charge in [0.2, 0.25) is 0 Å². The first-order chi connectivity index (χ1) is 10.9. The highest BCUT2D eigenvalue weighted by atomic mass is 32.2. The SMILES string of the molecule is CCc1nc2n(n1)CCC[C@@H]2NS(=O)(=O)N1C[C@@H](C)O[C@H](C)C1. The van der Waals surface area contributed by atoms with Crippen molar-refractivity contribution in [3.05, 3.63) is 11.6 Å². The second-order valence-electron chi connectivity index (χ2n) is 6.35. The number of nitrogens with zero attached hydrogens (tertiary/aromatic N) is 4. The average Bonchev–Trinajstić information content (AvgIpc) is 2.90. The molecule has 0 bridgehead atoms. The number of aryl methyl sites for hydroxylation is 2. The number of hydrogen-bond donors (Lipinski definition) is 1. The lowest BCUT2D eigenvalue weighted by Crippen LogP contribution is -2.52. The fraction of sp³-hybridized carbons (Fsp3) is 0.857. The Hall–Kier alpha value is -1.03. The van der Waals surface area contributed by atoms with Gasteiger partial charge in [-0.3, -0.25) is 0 Å². The van der Waals surface area contributed by atoms with Gasteiger partial charge in [0.25, 0.3) is 10.2 Å². The number of ether oxygens (including phenoxy) is 1. The van der Waals surface area contributed by atoms with Gasteiger partial charge in [0.1, 0.15) is 5.82 Å². The zero-order valence-electron chi connectivity index (χ0n) is 13.9. The van der Waals surface area contributed by atoms with Crippen LogP contribution in [-0.4, -0.2) is 52.8 Å². The normalized spacial score (nSPS) is 29.4. The first-order valence-electron chi connectivity index (χ1n) is 8.25. The quantitative estimate of drug-likeness (QED) is 0.866. The molecule has 0 radical (unpaired) electrons. The molecule has 130 valence electrons. The Balaban J connectivity index is 1.77. The third kappa shape index (κ3) is 3.57. The topological polar surface area (TPSA) is 89.3 Å². The summed E-state index contributed by atoms with van der Waals surface area (Å²) in [6.07, 6.45) is 2.19. The van der Waals surface area contributed by atoms with Crippen molar-refractivity contribution in [3.63, 3.8) is 0 Å². The zero-order valence-corrected chi connectivity index (χ0v) is 14.7. The van der Waals surface area contributed by atoms with Gasteiger partial charge >= 0.3 is 0 Å². The van der Waals surface area contributed by atoms with E-state index in [-0.39, 0.29) is 18.2 Å². The highest BCUT2D eigenvalue weighted by Crippen LogP contribution is 2.25. The van der Waals surface area contributed by atoms with Crippen LogP contribution in [0, 0.1) is 0 Å². The van der Waals surface area contributed by atoms with E-state index < -0.39 is 10.2 Å². The van der Waals surface area contributed by atoms with E-state index >= 15 is 0 Å². The largest absolute Gasteiger partial charge is 0.373 e. The van der Waals surface area contributed by atoms with Crippen molar-refractivity contribution in [3.8, 4) is 0 Å². The molecule has 3 rings (SSSR count). The molecule has 3 atom stereocenters. The molecule has 1 N–H and O–H groups in total. The van der Waals surface area contributed by atoms with Crippen molar-refractivity contribution in [2.24, 2.45) is 0 Å². The van der Waals surface area contributed by atoms with Crippen LogP contribution in [0.2, 0.25) is 0 Å². The van der Waals surface area contributed by atoms with Gasteiger partial charge in [-0.05, 0) is 26.7 Å². The molecule has 9 heteroatoms. The molecule has 1 fully saturated rings. The molecule has 23 heavy (non-hydrogen) atoms. The van der Waals surface area contributed by atoms with Crippen molar-refractivity contribution < 1.29 is 13.2 Å². The molecular weight excluding hydrogens is 318 g/mol. The minimum atomic E-state index is -3.57. The first-order valence-corrected chi connectivity index (χ1v) is 9.69. The van der Waals surface area contributed by atoms with Crippen molar-refractivity contribution in [2.75, 3.05) is 13.1 Å². The second-order valence-corrected chi connectivity index (χ2v) is 8.06. The minimum absolute atomic E-state index is 0.1000. The number of nitrogens with one attached hydrogen (secondary N) is 1. The average molecular weight is 343 g/mol. The first kappa shape index (κ1) is 16.8. The van der Waals surface area contributed by atoms with Crippen LogP contribution >= 0.6 is 0 Å². The summed E-state index contributed by atoms with van der Waals surface area (Å²) in [6.45, 7) is 7.33. The van der Waals surface area contributed by atoms with E-state index in [9.17, 15) is 8.42 Å². The molecule has 2 aliphatic rings. The van der Waals surface area contributed by atoms with Crippen LogP contribution in [0.1, 0.15) is 51.3 Å². The summed E-state index contributed by atoms with van der Waals surface area (Å²) >= 11 is 0. The molecule has 0 aliphatic carbocycles. The third-order valence-corrected chi connectivity index (χ3v) is 5.81. The van der Waals surface area contributed by atoms with Crippen molar-refractivity contribution in [1.82, 2.24) is 23.8 Å². The number of fused-ring (bicyclic) bond motifs is 1. The van der Waals surface area contributed by atoms with Gasteiger partial charge in [-0.1, -0.05) is 6.92 Å². The van der Waals surface area contributed by atoms with Crippen molar-refractivity contribution in [1.29, 1.82) is 0 Å². The Kier molecular flexibility index (Phi) is 4.73. The van der Waals surface area contributed by atoms with Crippen LogP contribution in [0.5, 0.6) is 0 Å². The molecule has 3 heterocycles. The minimum Gasteiger partial charge on any atom is -0.373 e. The Morgan fingerprint density at radius 3 is 2.65 bits per heavy atom. The molecule has 0 aromatic carbocycles. The Bertz CT molecular complexity index is 649. The zero-order chi connectivity index (χ0) is 16.6. The van der Waals surface area contributed by atoms with E-state index in [0.29, 0.717) is 13.1 Å². The predicted molar refractivity (Wildman–Crippen MR) is 85.0 cm³/mol. The molecule has 0 amide bonds. The lowest BCUT2D eigenvalue weighted by molar-refractivity contribution is -0.0445. The summed E-state index contributed by atoms with van der Waals surface area (Å²) in [6, 6.07) is -0.310. The van der Waals surface area contributed by atoms with E-state index in [1.165, 1.54) is 4.31 Å². The van der Waals surface area contributed by atoms with Gasteiger partial charge in [0.15, 0.2) is 5.82 Å². The molecule has 0 spiro atoms. The van der Waals surface area contributed by atoms with Gasteiger partial charge in [-0.25, -0.2) is 9.67 Å². The van der Waals surface area contributed by atoms with Crippen LogP contribution in [-0.2, 0) is 27.9 Å². The Morgan fingerprint density at radius 2 is 2.00 bits per heavy atom. The van der Waals surface area contributed by atoms with Crippen LogP contribution in [0.25, 0.3) is 0 Å². The maximum absolute atomic E-state index is 12.7. The van der Waals surface area contributed by atoms with E-state index in [1.54, 1.807) is 0 Å². The highest BCUT2D eigenvalue weighted by molar-refractivity contribution is 7.87. The van der Waals surface area contributed by atoms with Gasteiger partial charge in [-0.15, -0.1) is 0 Å². The maximum atomic E-state index is 12.7. The van der Waals surface area contributed by atoms with Gasteiger partial charge < -0.3 is 4.74 Å². The molecular formula is C14H25N5O3S. The molecule has 0 unspecified atom stereocenters. The second kappa shape index (κ2) is 6.46. The fourth-order valence-corrected chi connectivity index (χ4v) is 4.79. The lowest BCUT2D eigenvalue weighted by Gasteiger charge is -2.35. The van der Waals surface area contributed by atoms with Gasteiger partial charge in [0.05, 0.1) is 18.2 Å². The highest BCUT2D eigenvalue weighted by Gasteiger charge is 2.34.